The molecule has 11 heteroatoms. The zero-order chi connectivity index (χ0) is 22.9. The van der Waals surface area contributed by atoms with Crippen LogP contribution in [-0.4, -0.2) is 63.7 Å². The van der Waals surface area contributed by atoms with Crippen molar-refractivity contribution >= 4 is 37.5 Å². The predicted molar refractivity (Wildman–Crippen MR) is 120 cm³/mol. The highest BCUT2D eigenvalue weighted by molar-refractivity contribution is 7.89. The molecule has 3 aromatic rings. The van der Waals surface area contributed by atoms with Gasteiger partial charge in [0.15, 0.2) is 4.80 Å². The molecule has 0 spiro atoms. The zero-order valence-corrected chi connectivity index (χ0v) is 19.5. The van der Waals surface area contributed by atoms with Crippen molar-refractivity contribution in [3.8, 4) is 11.5 Å². The van der Waals surface area contributed by atoms with Crippen LogP contribution in [-0.2, 0) is 21.8 Å². The Labute approximate surface area is 189 Å². The molecular weight excluding hydrogens is 454 g/mol. The molecule has 1 fully saturated rings. The summed E-state index contributed by atoms with van der Waals surface area (Å²) in [7, 11) is 1.33. The van der Waals surface area contributed by atoms with Gasteiger partial charge in [-0.05, 0) is 30.3 Å². The highest BCUT2D eigenvalue weighted by Crippen LogP contribution is 2.32. The van der Waals surface area contributed by atoms with Crippen LogP contribution in [0.2, 0.25) is 0 Å². The monoisotopic (exact) mass is 477 g/mol. The quantitative estimate of drug-likeness (QED) is 0.558. The summed E-state index contributed by atoms with van der Waals surface area (Å²) in [4.78, 5) is 17.7. The molecule has 9 nitrogen and oxygen atoms in total. The number of fused-ring (bicyclic) bond motifs is 1. The van der Waals surface area contributed by atoms with Crippen molar-refractivity contribution in [1.82, 2.24) is 8.87 Å². The van der Waals surface area contributed by atoms with E-state index in [1.165, 1.54) is 39.9 Å². The fourth-order valence-electron chi connectivity index (χ4n) is 3.46. The Morgan fingerprint density at radius 2 is 1.78 bits per heavy atom. The van der Waals surface area contributed by atoms with Gasteiger partial charge in [0, 0.05) is 31.8 Å². The number of amides is 1. The number of hydrogen-bond donors (Lipinski definition) is 0. The van der Waals surface area contributed by atoms with E-state index in [4.69, 9.17) is 14.2 Å². The van der Waals surface area contributed by atoms with Crippen LogP contribution >= 0.6 is 11.3 Å². The molecule has 0 saturated carbocycles. The van der Waals surface area contributed by atoms with Crippen LogP contribution in [0.15, 0.2) is 46.3 Å². The smallest absolute Gasteiger partial charge is 0.279 e. The topological polar surface area (TPSA) is 99.4 Å². The van der Waals surface area contributed by atoms with E-state index in [0.29, 0.717) is 48.2 Å². The van der Waals surface area contributed by atoms with Crippen LogP contribution in [0.5, 0.6) is 11.5 Å². The standard InChI is InChI=1S/C21H23N3O6S2/c1-23-19-17(29-3)12-15(28-2)13-18(19)31-21(23)22-20(25)14-4-6-16(7-5-14)32(26,27)24-8-10-30-11-9-24/h4-7,12-13H,8-11H2,1-3H3. The zero-order valence-electron chi connectivity index (χ0n) is 17.9. The number of sulfonamides is 1. The Morgan fingerprint density at radius 3 is 2.41 bits per heavy atom. The summed E-state index contributed by atoms with van der Waals surface area (Å²) in [5, 5.41) is 0. The minimum atomic E-state index is -3.62. The molecule has 2 aromatic carbocycles. The van der Waals surface area contributed by atoms with E-state index < -0.39 is 15.9 Å². The molecule has 0 atom stereocenters. The summed E-state index contributed by atoms with van der Waals surface area (Å²) in [6.07, 6.45) is 0. The number of thiazole rings is 1. The van der Waals surface area contributed by atoms with Gasteiger partial charge in [-0.1, -0.05) is 11.3 Å². The van der Waals surface area contributed by atoms with E-state index in [1.54, 1.807) is 31.9 Å². The summed E-state index contributed by atoms with van der Waals surface area (Å²) in [5.41, 5.74) is 1.10. The fraction of sp³-hybridized carbons (Fsp3) is 0.333. The number of morpholine rings is 1. The first-order valence-corrected chi connectivity index (χ1v) is 12.1. The summed E-state index contributed by atoms with van der Waals surface area (Å²) in [6.45, 7) is 1.37. The van der Waals surface area contributed by atoms with Gasteiger partial charge in [0.2, 0.25) is 10.0 Å². The highest BCUT2D eigenvalue weighted by Gasteiger charge is 2.26. The van der Waals surface area contributed by atoms with Gasteiger partial charge in [0.05, 0.1) is 37.0 Å². The van der Waals surface area contributed by atoms with E-state index >= 15 is 0 Å². The lowest BCUT2D eigenvalue weighted by Crippen LogP contribution is -2.40. The molecule has 1 aliphatic rings. The number of hydrogen-bond acceptors (Lipinski definition) is 7. The number of aryl methyl sites for hydroxylation is 1. The van der Waals surface area contributed by atoms with E-state index in [9.17, 15) is 13.2 Å². The maximum Gasteiger partial charge on any atom is 0.279 e. The van der Waals surface area contributed by atoms with Crippen molar-refractivity contribution in [2.75, 3.05) is 40.5 Å². The maximum atomic E-state index is 12.8. The Balaban J connectivity index is 1.65. The number of aromatic nitrogens is 1. The third-order valence-corrected chi connectivity index (χ3v) is 8.19. The SMILES string of the molecule is COc1cc(OC)c2c(c1)sc(=NC(=O)c1ccc(S(=O)(=O)N3CCOCC3)cc1)n2C. The molecule has 0 N–H and O–H groups in total. The van der Waals surface area contributed by atoms with Gasteiger partial charge in [0.25, 0.3) is 5.91 Å². The molecular formula is C21H23N3O6S2. The van der Waals surface area contributed by atoms with Crippen molar-refractivity contribution in [2.24, 2.45) is 12.0 Å². The van der Waals surface area contributed by atoms with Crippen LogP contribution in [0.3, 0.4) is 0 Å². The van der Waals surface area contributed by atoms with Gasteiger partial charge in [-0.15, -0.1) is 0 Å². The second-order valence-corrected chi connectivity index (χ2v) is 10.0. The van der Waals surface area contributed by atoms with Crippen molar-refractivity contribution < 1.29 is 27.4 Å². The van der Waals surface area contributed by atoms with Crippen LogP contribution in [0.1, 0.15) is 10.4 Å². The number of methoxy groups -OCH3 is 2. The third-order valence-electron chi connectivity index (χ3n) is 5.20. The molecule has 0 aliphatic carbocycles. The Kier molecular flexibility index (Phi) is 6.33. The molecule has 1 aliphatic heterocycles. The molecule has 170 valence electrons. The second-order valence-electron chi connectivity index (χ2n) is 7.08. The summed E-state index contributed by atoms with van der Waals surface area (Å²) < 4.78 is 45.5. The lowest BCUT2D eigenvalue weighted by Gasteiger charge is -2.26. The first kappa shape index (κ1) is 22.5. The first-order valence-electron chi connectivity index (χ1n) is 9.83. The van der Waals surface area contributed by atoms with Crippen LogP contribution in [0.4, 0.5) is 0 Å². The van der Waals surface area contributed by atoms with Gasteiger partial charge >= 0.3 is 0 Å². The van der Waals surface area contributed by atoms with Crippen LogP contribution < -0.4 is 14.3 Å². The average Bonchev–Trinajstić information content (AvgIpc) is 3.13. The van der Waals surface area contributed by atoms with Crippen LogP contribution in [0.25, 0.3) is 10.2 Å². The van der Waals surface area contributed by atoms with E-state index in [-0.39, 0.29) is 4.90 Å². The van der Waals surface area contributed by atoms with Crippen molar-refractivity contribution in [3.63, 3.8) is 0 Å². The second kappa shape index (κ2) is 9.02. The molecule has 0 radical (unpaired) electrons. The minimum absolute atomic E-state index is 0.139. The predicted octanol–water partition coefficient (Wildman–Crippen LogP) is 2.02. The number of ether oxygens (including phenoxy) is 3. The largest absolute Gasteiger partial charge is 0.497 e. The molecule has 2 heterocycles. The third kappa shape index (κ3) is 4.16. The van der Waals surface area contributed by atoms with E-state index in [2.05, 4.69) is 4.99 Å². The number of rotatable bonds is 5. The summed E-state index contributed by atoms with van der Waals surface area (Å²) >= 11 is 1.33. The molecule has 4 rings (SSSR count). The van der Waals surface area contributed by atoms with Crippen molar-refractivity contribution in [2.45, 2.75) is 4.90 Å². The van der Waals surface area contributed by atoms with E-state index in [0.717, 1.165) is 10.2 Å². The minimum Gasteiger partial charge on any atom is -0.497 e. The lowest BCUT2D eigenvalue weighted by atomic mass is 10.2. The van der Waals surface area contributed by atoms with Crippen molar-refractivity contribution in [3.05, 3.63) is 46.8 Å². The highest BCUT2D eigenvalue weighted by atomic mass is 32.2. The van der Waals surface area contributed by atoms with Gasteiger partial charge in [-0.3, -0.25) is 4.79 Å². The Hall–Kier alpha value is -2.73. The average molecular weight is 478 g/mol. The van der Waals surface area contributed by atoms with Gasteiger partial charge in [-0.25, -0.2) is 8.42 Å². The summed E-state index contributed by atoms with van der Waals surface area (Å²) in [5.74, 6) is 0.796. The number of carbonyl (C=O) groups is 1. The normalized spacial score (nSPS) is 15.8. The maximum absolute atomic E-state index is 12.8. The fourth-order valence-corrected chi connectivity index (χ4v) is 5.93. The van der Waals surface area contributed by atoms with Gasteiger partial charge in [-0.2, -0.15) is 9.30 Å². The first-order chi connectivity index (χ1) is 15.3. The summed E-state index contributed by atoms with van der Waals surface area (Å²) in [6, 6.07) is 9.47. The molecule has 1 amide bonds. The van der Waals surface area contributed by atoms with Gasteiger partial charge in [0.1, 0.15) is 17.0 Å². The Morgan fingerprint density at radius 1 is 1.09 bits per heavy atom. The number of benzene rings is 2. The molecule has 1 aromatic heterocycles. The van der Waals surface area contributed by atoms with E-state index in [1.807, 2.05) is 6.07 Å². The molecule has 32 heavy (non-hydrogen) atoms. The number of nitrogens with zero attached hydrogens (tertiary/aromatic N) is 3. The Bertz CT molecular complexity index is 1320. The number of carbonyl (C=O) groups excluding carboxylic acids is 1. The van der Waals surface area contributed by atoms with Crippen molar-refractivity contribution in [1.29, 1.82) is 0 Å². The lowest BCUT2D eigenvalue weighted by molar-refractivity contribution is 0.0730. The van der Waals surface area contributed by atoms with Gasteiger partial charge < -0.3 is 18.8 Å². The molecule has 0 unspecified atom stereocenters. The van der Waals surface area contributed by atoms with Crippen LogP contribution in [0, 0.1) is 0 Å². The molecule has 0 bridgehead atoms. The molecule has 1 saturated heterocycles.